The van der Waals surface area contributed by atoms with Crippen molar-refractivity contribution in [3.05, 3.63) is 113 Å². The molecule has 20 heteroatoms. The zero-order valence-electron chi connectivity index (χ0n) is 43.2. The molecule has 7 aliphatic heterocycles. The molecule has 402 valence electrons. The summed E-state index contributed by atoms with van der Waals surface area (Å²) >= 11 is 0. The third kappa shape index (κ3) is 13.5. The van der Waals surface area contributed by atoms with Crippen molar-refractivity contribution in [1.29, 1.82) is 0 Å². The molecule has 0 bridgehead atoms. The maximum Gasteiger partial charge on any atom is 0.243 e. The van der Waals surface area contributed by atoms with Gasteiger partial charge in [-0.05, 0) is 135 Å². The number of aliphatic hydroxyl groups is 1. The number of ether oxygens (including phenoxy) is 1. The fraction of sp³-hybridized carbons (Fsp3) is 0.375. The molecule has 20 nitrogen and oxygen atoms in total. The number of nitrogens with two attached hydrogens (primary N) is 5. The van der Waals surface area contributed by atoms with E-state index in [0.717, 1.165) is 96.3 Å². The third-order valence-corrected chi connectivity index (χ3v) is 14.4. The highest BCUT2D eigenvalue weighted by atomic mass is 16.5. The Labute approximate surface area is 442 Å². The molecule has 12 rings (SSSR count). The normalized spacial score (nSPS) is 21.0. The predicted octanol–water partition coefficient (Wildman–Crippen LogP) is 4.88. The Kier molecular flexibility index (Phi) is 17.3. The molecular formula is C56H71N13O7. The van der Waals surface area contributed by atoms with Gasteiger partial charge in [0.2, 0.25) is 29.5 Å². The van der Waals surface area contributed by atoms with Gasteiger partial charge in [-0.15, -0.1) is 0 Å². The number of carbonyl (C=O) groups is 5. The second-order valence-corrected chi connectivity index (χ2v) is 20.6. The summed E-state index contributed by atoms with van der Waals surface area (Å²) in [5.41, 5.74) is 40.9. The van der Waals surface area contributed by atoms with Gasteiger partial charge in [0, 0.05) is 64.0 Å². The first kappa shape index (κ1) is 54.4. The lowest BCUT2D eigenvalue weighted by molar-refractivity contribution is -0.124. The molecule has 5 amide bonds. The number of aliphatic hydroxyl groups excluding tert-OH is 1. The number of hydrogen-bond acceptors (Lipinski definition) is 15. The summed E-state index contributed by atoms with van der Waals surface area (Å²) in [7, 11) is 0. The van der Waals surface area contributed by atoms with E-state index in [1.165, 1.54) is 24.8 Å². The molecule has 2 fully saturated rings. The number of anilines is 11. The molecule has 5 aromatic carbocycles. The number of nitrogen functional groups attached to an aromatic ring is 5. The lowest BCUT2D eigenvalue weighted by atomic mass is 9.81. The van der Waals surface area contributed by atoms with Crippen LogP contribution in [-0.2, 0) is 54.4 Å². The summed E-state index contributed by atoms with van der Waals surface area (Å²) in [5.74, 6) is -0.245. The first-order valence-electron chi connectivity index (χ1n) is 25.8. The number of hydrogen-bond donors (Lipinski definition) is 12. The molecule has 3 atom stereocenters. The molecule has 2 saturated heterocycles. The van der Waals surface area contributed by atoms with Crippen LogP contribution in [0.2, 0.25) is 0 Å². The van der Waals surface area contributed by atoms with E-state index in [1.54, 1.807) is 24.3 Å². The Morgan fingerprint density at radius 2 is 1.03 bits per heavy atom. The zero-order valence-corrected chi connectivity index (χ0v) is 43.2. The van der Waals surface area contributed by atoms with Crippen LogP contribution in [0.1, 0.15) is 55.4 Å². The standard InChI is InChI=1S/C14H19N3O.C13H17N3O2.C11H14N2O.C10H12N2O2.C8H9N3O/c15-11-5-4-10-8-13(14(18)16-12(10)9-11)17-6-2-1-3-7-17;14-10-2-1-9-7-12(13(17)15-11(9)8-10)16-3-5-18-6-4-16;1-11(2)6-7-3-4-8(12)5-9(7)13-10(11)14;11-8-2-1-6-3-7(5-13)10(14)12-9(6)4-8;9-5-2-1-3-6-8(5)10-4-7(12)11-6/h4-5,9,13H,1-3,6-8,15H2,(H,16,18);1-2,8,12H,3-7,14H2,(H,15,17);3-5H,6,12H2,1-2H3,(H,13,14);1-2,4,7,13H,3,5,11H2,(H,12,14);1-3,10H,4,9H2,(H,11,12). The summed E-state index contributed by atoms with van der Waals surface area (Å²) < 4.78 is 5.32. The molecule has 0 spiro atoms. The van der Waals surface area contributed by atoms with Crippen molar-refractivity contribution in [2.45, 2.75) is 70.9 Å². The van der Waals surface area contributed by atoms with Gasteiger partial charge in [-0.2, -0.15) is 0 Å². The Bertz CT molecular complexity index is 2870. The monoisotopic (exact) mass is 1040 g/mol. The number of carbonyl (C=O) groups excluding carboxylic acids is 5. The molecular weight excluding hydrogens is 967 g/mol. The topological polar surface area (TPSA) is 324 Å². The molecule has 7 heterocycles. The van der Waals surface area contributed by atoms with Gasteiger partial charge >= 0.3 is 0 Å². The summed E-state index contributed by atoms with van der Waals surface area (Å²) in [4.78, 5) is 62.8. The van der Waals surface area contributed by atoms with Gasteiger partial charge < -0.3 is 70.4 Å². The number of piperidine rings is 1. The van der Waals surface area contributed by atoms with Gasteiger partial charge in [-0.25, -0.2) is 0 Å². The summed E-state index contributed by atoms with van der Waals surface area (Å²) in [6.45, 7) is 9.21. The van der Waals surface area contributed by atoms with Gasteiger partial charge in [0.25, 0.3) is 0 Å². The van der Waals surface area contributed by atoms with Crippen LogP contribution in [0.25, 0.3) is 0 Å². The highest BCUT2D eigenvalue weighted by molar-refractivity contribution is 6.03. The number of morpholine rings is 1. The number of benzene rings is 5. The van der Waals surface area contributed by atoms with Crippen molar-refractivity contribution in [3.63, 3.8) is 0 Å². The Morgan fingerprint density at radius 1 is 0.553 bits per heavy atom. The number of nitrogens with zero attached hydrogens (tertiary/aromatic N) is 2. The molecule has 0 aromatic heterocycles. The summed E-state index contributed by atoms with van der Waals surface area (Å²) in [6, 6.07) is 27.9. The average Bonchev–Trinajstić information content (AvgIpc) is 3.40. The molecule has 17 N–H and O–H groups in total. The molecule has 5 aromatic rings. The van der Waals surface area contributed by atoms with Gasteiger partial charge in [0.05, 0.1) is 61.4 Å². The van der Waals surface area contributed by atoms with Crippen molar-refractivity contribution < 1.29 is 33.8 Å². The lowest BCUT2D eigenvalue weighted by Gasteiger charge is -2.36. The number of rotatable bonds is 3. The number of nitrogens with one attached hydrogen (secondary N) is 6. The maximum absolute atomic E-state index is 12.2. The smallest absolute Gasteiger partial charge is 0.243 e. The molecule has 76 heavy (non-hydrogen) atoms. The van der Waals surface area contributed by atoms with E-state index in [4.69, 9.17) is 38.5 Å². The highest BCUT2D eigenvalue weighted by Crippen LogP contribution is 2.35. The second kappa shape index (κ2) is 24.2. The highest BCUT2D eigenvalue weighted by Gasteiger charge is 2.35. The zero-order chi connectivity index (χ0) is 54.1. The Morgan fingerprint density at radius 3 is 1.55 bits per heavy atom. The van der Waals surface area contributed by atoms with Crippen LogP contribution in [0.4, 0.5) is 62.6 Å². The van der Waals surface area contributed by atoms with Crippen LogP contribution in [0.15, 0.2) is 91.0 Å². The van der Waals surface area contributed by atoms with Crippen molar-refractivity contribution in [2.75, 3.05) is 113 Å². The lowest BCUT2D eigenvalue weighted by Crippen LogP contribution is -2.52. The number of fused-ring (bicyclic) bond motifs is 5. The first-order valence-corrected chi connectivity index (χ1v) is 25.8. The van der Waals surface area contributed by atoms with Crippen LogP contribution in [0.5, 0.6) is 0 Å². The molecule has 3 unspecified atom stereocenters. The van der Waals surface area contributed by atoms with E-state index >= 15 is 0 Å². The van der Waals surface area contributed by atoms with Crippen molar-refractivity contribution >= 4 is 92.1 Å². The van der Waals surface area contributed by atoms with E-state index in [1.807, 2.05) is 80.6 Å². The number of para-hydroxylation sites is 1. The van der Waals surface area contributed by atoms with Crippen molar-refractivity contribution in [1.82, 2.24) is 9.80 Å². The fourth-order valence-electron chi connectivity index (χ4n) is 10.1. The molecule has 0 radical (unpaired) electrons. The first-order chi connectivity index (χ1) is 36.4. The van der Waals surface area contributed by atoms with Gasteiger partial charge in [-0.1, -0.05) is 50.6 Å². The Hall–Kier alpha value is -7.91. The van der Waals surface area contributed by atoms with Gasteiger partial charge in [-0.3, -0.25) is 33.8 Å². The van der Waals surface area contributed by atoms with Crippen molar-refractivity contribution in [2.24, 2.45) is 11.3 Å². The predicted molar refractivity (Wildman–Crippen MR) is 300 cm³/mol. The van der Waals surface area contributed by atoms with Crippen LogP contribution in [-0.4, -0.2) is 109 Å². The minimum Gasteiger partial charge on any atom is -0.399 e. The summed E-state index contributed by atoms with van der Waals surface area (Å²) in [5, 5.41) is 26.1. The number of likely N-dealkylation sites (tertiary alicyclic amines) is 1. The minimum atomic E-state index is -0.328. The van der Waals surface area contributed by atoms with E-state index in [2.05, 4.69) is 41.7 Å². The van der Waals surface area contributed by atoms with Crippen LogP contribution >= 0.6 is 0 Å². The fourth-order valence-corrected chi connectivity index (χ4v) is 10.1. The average molecular weight is 1040 g/mol. The Balaban J connectivity index is 0.000000127. The van der Waals surface area contributed by atoms with Crippen LogP contribution in [0, 0.1) is 11.3 Å². The number of amides is 5. The van der Waals surface area contributed by atoms with E-state index in [9.17, 15) is 24.0 Å². The summed E-state index contributed by atoms with van der Waals surface area (Å²) in [6.07, 6.45) is 6.62. The maximum atomic E-state index is 12.2. The SMILES string of the molecule is CC1(C)Cc2ccc(N)cc2NC1=O.Nc1ccc2c(c1)NC(=O)C(CO)C2.Nc1ccc2c(c1)NC(=O)C(N1CCCCC1)C2.Nc1ccc2c(c1)NC(=O)C(N1CCOCC1)C2.Nc1cccc2c1NCC(=O)N2. The minimum absolute atomic E-state index is 0.00132. The van der Waals surface area contributed by atoms with E-state index in [0.29, 0.717) is 54.6 Å². The van der Waals surface area contributed by atoms with E-state index < -0.39 is 0 Å². The molecule has 0 saturated carbocycles. The van der Waals surface area contributed by atoms with Gasteiger partial charge in [0.1, 0.15) is 0 Å². The van der Waals surface area contributed by atoms with Gasteiger partial charge in [0.15, 0.2) is 0 Å². The van der Waals surface area contributed by atoms with Crippen molar-refractivity contribution in [3.8, 4) is 0 Å². The van der Waals surface area contributed by atoms with Crippen LogP contribution < -0.4 is 60.6 Å². The second-order valence-electron chi connectivity index (χ2n) is 20.6. The molecule has 7 aliphatic rings. The molecule has 0 aliphatic carbocycles. The van der Waals surface area contributed by atoms with E-state index in [-0.39, 0.29) is 59.6 Å². The third-order valence-electron chi connectivity index (χ3n) is 14.4. The largest absolute Gasteiger partial charge is 0.399 e. The quantitative estimate of drug-likeness (QED) is 0.107. The van der Waals surface area contributed by atoms with Crippen LogP contribution in [0.3, 0.4) is 0 Å².